The van der Waals surface area contributed by atoms with Crippen LogP contribution < -0.4 is 0 Å². The number of carboxylic acids is 1. The minimum absolute atomic E-state index is 0.133. The van der Waals surface area contributed by atoms with E-state index in [0.29, 0.717) is 6.42 Å². The van der Waals surface area contributed by atoms with Gasteiger partial charge in [0.25, 0.3) is 0 Å². The van der Waals surface area contributed by atoms with Crippen molar-refractivity contribution in [1.82, 2.24) is 0 Å². The summed E-state index contributed by atoms with van der Waals surface area (Å²) in [5.41, 5.74) is -2.66. The predicted octanol–water partition coefficient (Wildman–Crippen LogP) is 5.65. The summed E-state index contributed by atoms with van der Waals surface area (Å²) in [5, 5.41) is 26.8. The largest absolute Gasteiger partial charge is 0.479 e. The third-order valence-electron chi connectivity index (χ3n) is 5.09. The Morgan fingerprint density at radius 1 is 0.656 bits per heavy atom. The second kappa shape index (κ2) is 22.5. The number of carbonyl (C=O) groups excluding carboxylic acids is 2. The molecule has 1 atom stereocenters. The number of esters is 1. The van der Waals surface area contributed by atoms with E-state index in [9.17, 15) is 19.5 Å². The quantitative estimate of drug-likeness (QED) is 0.0971. The molecule has 0 aliphatic rings. The highest BCUT2D eigenvalue weighted by Gasteiger charge is 2.42. The molecule has 3 N–H and O–H groups in total. The van der Waals surface area contributed by atoms with Crippen LogP contribution in [0.3, 0.4) is 0 Å². The van der Waals surface area contributed by atoms with Gasteiger partial charge in [-0.25, -0.2) is 9.59 Å². The van der Waals surface area contributed by atoms with Crippen LogP contribution in [-0.4, -0.2) is 45.6 Å². The molecular formula is C24H46O8. The second-order valence-corrected chi connectivity index (χ2v) is 8.26. The van der Waals surface area contributed by atoms with Gasteiger partial charge in [-0.15, -0.1) is 0 Å². The van der Waals surface area contributed by atoms with Crippen LogP contribution in [0.2, 0.25) is 0 Å². The van der Waals surface area contributed by atoms with Gasteiger partial charge >= 0.3 is 17.9 Å². The van der Waals surface area contributed by atoms with Gasteiger partial charge in [0.15, 0.2) is 5.60 Å². The van der Waals surface area contributed by atoms with Crippen molar-refractivity contribution in [3.8, 4) is 0 Å². The lowest BCUT2D eigenvalue weighted by Crippen LogP contribution is -2.43. The molecule has 0 saturated heterocycles. The zero-order chi connectivity index (χ0) is 24.7. The third kappa shape index (κ3) is 20.2. The second-order valence-electron chi connectivity index (χ2n) is 8.26. The first-order valence-electron chi connectivity index (χ1n) is 12.2. The van der Waals surface area contributed by atoms with E-state index in [1.54, 1.807) is 0 Å². The van der Waals surface area contributed by atoms with E-state index in [-0.39, 0.29) is 6.61 Å². The Hall–Kier alpha value is -1.67. The van der Waals surface area contributed by atoms with Crippen LogP contribution in [0.5, 0.6) is 0 Å². The summed E-state index contributed by atoms with van der Waals surface area (Å²) in [7, 11) is 0. The van der Waals surface area contributed by atoms with Crippen molar-refractivity contribution in [2.24, 2.45) is 0 Å². The molecule has 0 heterocycles. The van der Waals surface area contributed by atoms with Crippen LogP contribution in [-0.2, 0) is 24.0 Å². The molecule has 0 aliphatic heterocycles. The summed E-state index contributed by atoms with van der Waals surface area (Å²) in [5.74, 6) is -4.04. The van der Waals surface area contributed by atoms with Crippen LogP contribution in [0.25, 0.3) is 0 Å². The zero-order valence-corrected chi connectivity index (χ0v) is 20.4. The summed E-state index contributed by atoms with van der Waals surface area (Å²) >= 11 is 0. The molecule has 0 rings (SSSR count). The molecule has 32 heavy (non-hydrogen) atoms. The lowest BCUT2D eigenvalue weighted by Gasteiger charge is -2.20. The number of rotatable bonds is 19. The maximum atomic E-state index is 11.6. The molecular weight excluding hydrogens is 416 g/mol. The number of aliphatic hydroxyl groups is 1. The van der Waals surface area contributed by atoms with Crippen molar-refractivity contribution in [3.05, 3.63) is 0 Å². The fourth-order valence-corrected chi connectivity index (χ4v) is 3.05. The summed E-state index contributed by atoms with van der Waals surface area (Å²) < 4.78 is 4.87. The summed E-state index contributed by atoms with van der Waals surface area (Å²) in [6, 6.07) is 0. The first kappa shape index (κ1) is 32.5. The molecule has 8 heteroatoms. The van der Waals surface area contributed by atoms with Gasteiger partial charge in [0.05, 0.1) is 19.4 Å². The third-order valence-corrected chi connectivity index (χ3v) is 5.09. The van der Waals surface area contributed by atoms with Crippen molar-refractivity contribution in [3.63, 3.8) is 0 Å². The van der Waals surface area contributed by atoms with Crippen LogP contribution in [0, 0.1) is 0 Å². The normalized spacial score (nSPS) is 12.3. The van der Waals surface area contributed by atoms with E-state index in [0.717, 1.165) is 19.3 Å². The van der Waals surface area contributed by atoms with Gasteiger partial charge in [-0.05, 0) is 6.42 Å². The minimum atomic E-state index is -2.66. The SMILES string of the molecule is CCCCCCCC.CCCCCCCCCCOC(=O)CC(O)(CC(=O)OO)C(=O)O. The van der Waals surface area contributed by atoms with Gasteiger partial charge in [-0.2, -0.15) is 5.26 Å². The molecule has 0 amide bonds. The van der Waals surface area contributed by atoms with Gasteiger partial charge in [0.1, 0.15) is 0 Å². The Labute approximate surface area is 193 Å². The molecule has 190 valence electrons. The maximum absolute atomic E-state index is 11.6. The van der Waals surface area contributed by atoms with E-state index in [4.69, 9.17) is 15.1 Å². The lowest BCUT2D eigenvalue weighted by atomic mass is 9.96. The van der Waals surface area contributed by atoms with Gasteiger partial charge < -0.3 is 19.8 Å². The molecule has 0 fully saturated rings. The van der Waals surface area contributed by atoms with Crippen LogP contribution >= 0.6 is 0 Å². The number of unbranched alkanes of at least 4 members (excludes halogenated alkanes) is 12. The molecule has 0 aromatic rings. The molecule has 1 unspecified atom stereocenters. The van der Waals surface area contributed by atoms with Crippen molar-refractivity contribution in [2.75, 3.05) is 6.61 Å². The first-order chi connectivity index (χ1) is 15.3. The van der Waals surface area contributed by atoms with E-state index in [1.807, 2.05) is 0 Å². The Bertz CT molecular complexity index is 475. The van der Waals surface area contributed by atoms with Crippen molar-refractivity contribution in [2.45, 2.75) is 129 Å². The number of aliphatic carboxylic acids is 1. The fourth-order valence-electron chi connectivity index (χ4n) is 3.05. The van der Waals surface area contributed by atoms with E-state index in [1.165, 1.54) is 64.2 Å². The predicted molar refractivity (Wildman–Crippen MR) is 123 cm³/mol. The average molecular weight is 463 g/mol. The van der Waals surface area contributed by atoms with E-state index >= 15 is 0 Å². The minimum Gasteiger partial charge on any atom is -0.479 e. The first-order valence-corrected chi connectivity index (χ1v) is 12.2. The van der Waals surface area contributed by atoms with Gasteiger partial charge in [-0.1, -0.05) is 104 Å². The monoisotopic (exact) mass is 462 g/mol. The number of hydrogen-bond acceptors (Lipinski definition) is 7. The Balaban J connectivity index is 0. The Morgan fingerprint density at radius 2 is 1.03 bits per heavy atom. The highest BCUT2D eigenvalue weighted by molar-refractivity contribution is 5.88. The number of carboxylic acid groups (broad SMARTS) is 1. The molecule has 0 aromatic carbocycles. The average Bonchev–Trinajstić information content (AvgIpc) is 2.75. The summed E-state index contributed by atoms with van der Waals surface area (Å²) in [6.07, 6.45) is 15.2. The molecule has 0 spiro atoms. The lowest BCUT2D eigenvalue weighted by molar-refractivity contribution is -0.238. The van der Waals surface area contributed by atoms with Crippen molar-refractivity contribution in [1.29, 1.82) is 0 Å². The van der Waals surface area contributed by atoms with E-state index < -0.39 is 36.4 Å². The summed E-state index contributed by atoms with van der Waals surface area (Å²) in [6.45, 7) is 6.80. The van der Waals surface area contributed by atoms with Crippen LogP contribution in [0.1, 0.15) is 124 Å². The Morgan fingerprint density at radius 3 is 1.41 bits per heavy atom. The molecule has 0 bridgehead atoms. The number of hydrogen-bond donors (Lipinski definition) is 3. The maximum Gasteiger partial charge on any atom is 0.345 e. The Kier molecular flexibility index (Phi) is 22.9. The van der Waals surface area contributed by atoms with Gasteiger partial charge in [0, 0.05) is 0 Å². The molecule has 0 aliphatic carbocycles. The zero-order valence-electron chi connectivity index (χ0n) is 20.4. The number of carbonyl (C=O) groups is 3. The van der Waals surface area contributed by atoms with Crippen LogP contribution in [0.15, 0.2) is 0 Å². The highest BCUT2D eigenvalue weighted by Crippen LogP contribution is 2.18. The highest BCUT2D eigenvalue weighted by atomic mass is 17.1. The molecule has 0 saturated carbocycles. The van der Waals surface area contributed by atoms with Gasteiger partial charge in [0.2, 0.25) is 0 Å². The molecule has 0 aromatic heterocycles. The molecule has 8 nitrogen and oxygen atoms in total. The van der Waals surface area contributed by atoms with Crippen molar-refractivity contribution >= 4 is 17.9 Å². The van der Waals surface area contributed by atoms with E-state index in [2.05, 4.69) is 25.7 Å². The fraction of sp³-hybridized carbons (Fsp3) is 0.875. The smallest absolute Gasteiger partial charge is 0.345 e. The van der Waals surface area contributed by atoms with Crippen molar-refractivity contribution < 1.29 is 39.5 Å². The number of ether oxygens (including phenoxy) is 1. The van der Waals surface area contributed by atoms with Crippen LogP contribution in [0.4, 0.5) is 0 Å². The topological polar surface area (TPSA) is 130 Å². The standard InChI is InChI=1S/C16H28O8.C8H18/c1-2-3-4-5-6-7-8-9-10-23-13(17)11-16(21,15(19)20)12-14(18)24-22;1-3-5-7-8-6-4-2/h21-22H,2-12H2,1H3,(H,19,20);3-8H2,1-2H3. The molecule has 0 radical (unpaired) electrons. The van der Waals surface area contributed by atoms with Gasteiger partial charge in [-0.3, -0.25) is 4.79 Å². The summed E-state index contributed by atoms with van der Waals surface area (Å²) in [4.78, 5) is 36.8.